The van der Waals surface area contributed by atoms with E-state index in [0.717, 1.165) is 6.42 Å². The number of H-pyrrole nitrogens is 1. The van der Waals surface area contributed by atoms with E-state index >= 15 is 0 Å². The van der Waals surface area contributed by atoms with Crippen LogP contribution in [0.5, 0.6) is 0 Å². The number of aromatic amines is 1. The largest absolute Gasteiger partial charge is 0.354 e. The molecule has 0 aliphatic heterocycles. The maximum Gasteiger partial charge on any atom is 0.268 e. The van der Waals surface area contributed by atoms with Crippen molar-refractivity contribution in [3.63, 3.8) is 0 Å². The summed E-state index contributed by atoms with van der Waals surface area (Å²) in [7, 11) is 0. The molecule has 2 N–H and O–H groups in total. The molecule has 0 spiro atoms. The lowest BCUT2D eigenvalue weighted by atomic mass is 10.1. The third-order valence-corrected chi connectivity index (χ3v) is 3.01. The van der Waals surface area contributed by atoms with Crippen LogP contribution in [0.4, 0.5) is 0 Å². The fourth-order valence-corrected chi connectivity index (χ4v) is 2.03. The lowest BCUT2D eigenvalue weighted by molar-refractivity contribution is 0.0927. The normalized spacial score (nSPS) is 12.4. The van der Waals surface area contributed by atoms with Gasteiger partial charge in [0.1, 0.15) is 11.7 Å². The topological polar surface area (TPSA) is 101 Å². The van der Waals surface area contributed by atoms with E-state index in [-0.39, 0.29) is 11.1 Å². The minimum absolute atomic E-state index is 0.207. The molecule has 0 unspecified atom stereocenters. The molecule has 0 saturated carbocycles. The summed E-state index contributed by atoms with van der Waals surface area (Å²) in [6.07, 6.45) is 0.718. The molecule has 0 aliphatic rings. The highest BCUT2D eigenvalue weighted by Gasteiger charge is 2.18. The number of amides is 1. The minimum Gasteiger partial charge on any atom is -0.354 e. The van der Waals surface area contributed by atoms with Crippen LogP contribution in [0.15, 0.2) is 21.5 Å². The van der Waals surface area contributed by atoms with E-state index in [4.69, 9.17) is 4.52 Å². The summed E-state index contributed by atoms with van der Waals surface area (Å²) in [6, 6.07) is 2.24. The van der Waals surface area contributed by atoms with Gasteiger partial charge in [-0.15, -0.1) is 0 Å². The Labute approximate surface area is 128 Å². The summed E-state index contributed by atoms with van der Waals surface area (Å²) >= 11 is 0. The Balaban J connectivity index is 2.07. The number of rotatable bonds is 5. The zero-order chi connectivity index (χ0) is 16.3. The smallest absolute Gasteiger partial charge is 0.268 e. The number of carbonyl (C=O) groups is 1. The Kier molecular flexibility index (Phi) is 4.75. The average Bonchev–Trinajstić information content (AvgIpc) is 2.85. The Bertz CT molecular complexity index is 718. The summed E-state index contributed by atoms with van der Waals surface area (Å²) in [4.78, 5) is 30.7. The van der Waals surface area contributed by atoms with Crippen molar-refractivity contribution < 1.29 is 9.32 Å². The highest BCUT2D eigenvalue weighted by molar-refractivity contribution is 5.92. The fourth-order valence-electron chi connectivity index (χ4n) is 2.03. The number of nitrogens with zero attached hydrogens (tertiary/aromatic N) is 2. The van der Waals surface area contributed by atoms with Gasteiger partial charge < -0.3 is 14.8 Å². The maximum absolute atomic E-state index is 12.1. The Morgan fingerprint density at radius 2 is 2.09 bits per heavy atom. The third kappa shape index (κ3) is 4.03. The van der Waals surface area contributed by atoms with Crippen LogP contribution in [0.2, 0.25) is 0 Å². The molecular formula is C15H20N4O3. The predicted molar refractivity (Wildman–Crippen MR) is 80.5 cm³/mol. The number of hydrogen-bond acceptors (Lipinski definition) is 5. The lowest BCUT2D eigenvalue weighted by Gasteiger charge is -2.10. The van der Waals surface area contributed by atoms with E-state index in [1.807, 2.05) is 0 Å². The third-order valence-electron chi connectivity index (χ3n) is 3.01. The fraction of sp³-hybridized carbons (Fsp3) is 0.467. The van der Waals surface area contributed by atoms with Crippen molar-refractivity contribution in [3.05, 3.63) is 45.5 Å². The average molecular weight is 304 g/mol. The number of carbonyl (C=O) groups excluding carboxylic acids is 1. The van der Waals surface area contributed by atoms with E-state index in [2.05, 4.69) is 34.3 Å². The van der Waals surface area contributed by atoms with Gasteiger partial charge in [0.25, 0.3) is 5.91 Å². The van der Waals surface area contributed by atoms with Gasteiger partial charge in [0, 0.05) is 24.2 Å². The molecule has 0 fully saturated rings. The molecule has 2 aromatic rings. The first-order valence-electron chi connectivity index (χ1n) is 7.19. The zero-order valence-corrected chi connectivity index (χ0v) is 13.1. The second-order valence-corrected chi connectivity index (χ2v) is 5.75. The molecule has 7 nitrogen and oxygen atoms in total. The van der Waals surface area contributed by atoms with Crippen molar-refractivity contribution in [2.75, 3.05) is 0 Å². The zero-order valence-electron chi connectivity index (χ0n) is 13.1. The molecule has 0 aliphatic carbocycles. The molecule has 0 radical (unpaired) electrons. The highest BCUT2D eigenvalue weighted by Crippen LogP contribution is 2.12. The van der Waals surface area contributed by atoms with E-state index in [9.17, 15) is 9.59 Å². The van der Waals surface area contributed by atoms with Gasteiger partial charge in [-0.2, -0.15) is 4.98 Å². The Morgan fingerprint density at radius 1 is 1.36 bits per heavy atom. The SMILES string of the molecule is Cc1cc(=O)cc(C(=O)N[C@@H](C)c2nc(CC(C)C)no2)[nH]1. The number of hydrogen-bond donors (Lipinski definition) is 2. The standard InChI is InChI=1S/C15H20N4O3/c1-8(2)5-13-18-15(22-19-13)10(4)17-14(21)12-7-11(20)6-9(3)16-12/h6-8,10H,5H2,1-4H3,(H,16,20)(H,17,21)/t10-/m0/s1. The second-order valence-electron chi connectivity index (χ2n) is 5.75. The van der Waals surface area contributed by atoms with Crippen molar-refractivity contribution in [3.8, 4) is 0 Å². The Morgan fingerprint density at radius 3 is 2.73 bits per heavy atom. The van der Waals surface area contributed by atoms with Gasteiger partial charge in [0.15, 0.2) is 11.3 Å². The van der Waals surface area contributed by atoms with Crippen LogP contribution in [-0.4, -0.2) is 21.0 Å². The van der Waals surface area contributed by atoms with E-state index in [0.29, 0.717) is 23.3 Å². The maximum atomic E-state index is 12.1. The molecule has 7 heteroatoms. The molecule has 0 saturated heterocycles. The molecule has 118 valence electrons. The van der Waals surface area contributed by atoms with Gasteiger partial charge in [0.2, 0.25) is 5.89 Å². The van der Waals surface area contributed by atoms with E-state index in [1.165, 1.54) is 12.1 Å². The van der Waals surface area contributed by atoms with Crippen LogP contribution >= 0.6 is 0 Å². The minimum atomic E-state index is -0.440. The van der Waals surface area contributed by atoms with Crippen LogP contribution in [0.25, 0.3) is 0 Å². The predicted octanol–water partition coefficient (Wildman–Crippen LogP) is 1.76. The van der Waals surface area contributed by atoms with Crippen molar-refractivity contribution in [1.29, 1.82) is 0 Å². The monoisotopic (exact) mass is 304 g/mol. The van der Waals surface area contributed by atoms with Crippen molar-refractivity contribution >= 4 is 5.91 Å². The van der Waals surface area contributed by atoms with Gasteiger partial charge in [-0.3, -0.25) is 9.59 Å². The molecule has 0 bridgehead atoms. The molecule has 22 heavy (non-hydrogen) atoms. The second kappa shape index (κ2) is 6.55. The first kappa shape index (κ1) is 15.9. The molecule has 2 rings (SSSR count). The van der Waals surface area contributed by atoms with Crippen LogP contribution in [0, 0.1) is 12.8 Å². The molecule has 2 heterocycles. The van der Waals surface area contributed by atoms with E-state index < -0.39 is 11.9 Å². The Hall–Kier alpha value is -2.44. The molecular weight excluding hydrogens is 284 g/mol. The van der Waals surface area contributed by atoms with Gasteiger partial charge in [-0.25, -0.2) is 0 Å². The lowest BCUT2D eigenvalue weighted by Crippen LogP contribution is -2.28. The number of pyridine rings is 1. The summed E-state index contributed by atoms with van der Waals surface area (Å²) in [5.41, 5.74) is 0.618. The van der Waals surface area contributed by atoms with Crippen LogP contribution in [0.3, 0.4) is 0 Å². The van der Waals surface area contributed by atoms with Crippen LogP contribution in [-0.2, 0) is 6.42 Å². The summed E-state index contributed by atoms with van der Waals surface area (Å²) < 4.78 is 5.16. The summed E-state index contributed by atoms with van der Waals surface area (Å²) in [5.74, 6) is 0.999. The van der Waals surface area contributed by atoms with Gasteiger partial charge in [-0.1, -0.05) is 19.0 Å². The van der Waals surface area contributed by atoms with Gasteiger partial charge in [-0.05, 0) is 19.8 Å². The quantitative estimate of drug-likeness (QED) is 0.876. The van der Waals surface area contributed by atoms with Crippen molar-refractivity contribution in [2.45, 2.75) is 40.2 Å². The van der Waals surface area contributed by atoms with Crippen LogP contribution < -0.4 is 10.7 Å². The molecule has 2 aromatic heterocycles. The molecule has 1 amide bonds. The van der Waals surface area contributed by atoms with Crippen molar-refractivity contribution in [1.82, 2.24) is 20.4 Å². The van der Waals surface area contributed by atoms with Gasteiger partial charge in [0.05, 0.1) is 0 Å². The van der Waals surface area contributed by atoms with Gasteiger partial charge >= 0.3 is 0 Å². The molecule has 0 aromatic carbocycles. The number of aryl methyl sites for hydroxylation is 1. The summed E-state index contributed by atoms with van der Waals surface area (Å²) in [5, 5.41) is 6.62. The first-order valence-corrected chi connectivity index (χ1v) is 7.19. The van der Waals surface area contributed by atoms with E-state index in [1.54, 1.807) is 13.8 Å². The van der Waals surface area contributed by atoms with Crippen LogP contribution in [0.1, 0.15) is 54.7 Å². The summed E-state index contributed by atoms with van der Waals surface area (Å²) in [6.45, 7) is 7.60. The van der Waals surface area contributed by atoms with Crippen molar-refractivity contribution in [2.24, 2.45) is 5.92 Å². The molecule has 1 atom stereocenters. The number of nitrogens with one attached hydrogen (secondary N) is 2. The highest BCUT2D eigenvalue weighted by atomic mass is 16.5. The number of aromatic nitrogens is 3. The first-order chi connectivity index (χ1) is 10.3.